The fourth-order valence-electron chi connectivity index (χ4n) is 2.22. The van der Waals surface area contributed by atoms with Gasteiger partial charge in [0.2, 0.25) is 0 Å². The molecule has 0 amide bonds. The number of hydrogen-bond donors (Lipinski definition) is 0. The summed E-state index contributed by atoms with van der Waals surface area (Å²) in [7, 11) is 0. The molecule has 4 rings (SSSR count). The highest BCUT2D eigenvalue weighted by molar-refractivity contribution is 6.29. The van der Waals surface area contributed by atoms with Gasteiger partial charge in [-0.3, -0.25) is 14.4 Å². The molecule has 0 unspecified atom stereocenters. The van der Waals surface area contributed by atoms with Crippen LogP contribution in [0.25, 0.3) is 27.9 Å². The molecule has 6 heteroatoms. The molecule has 4 aromatic rings. The Bertz CT molecular complexity index is 931. The van der Waals surface area contributed by atoms with Crippen LogP contribution in [0.2, 0.25) is 5.15 Å². The summed E-state index contributed by atoms with van der Waals surface area (Å²) in [5, 5.41) is 9.82. The minimum Gasteiger partial charge on any atom is -0.262 e. The van der Waals surface area contributed by atoms with Crippen molar-refractivity contribution in [3.8, 4) is 11.4 Å². The molecule has 0 fully saturated rings. The van der Waals surface area contributed by atoms with Gasteiger partial charge in [0, 0.05) is 17.1 Å². The van der Waals surface area contributed by atoms with E-state index in [2.05, 4.69) is 20.2 Å². The Hall–Kier alpha value is -2.53. The van der Waals surface area contributed by atoms with Crippen molar-refractivity contribution < 1.29 is 0 Å². The third kappa shape index (κ3) is 1.64. The van der Waals surface area contributed by atoms with Crippen LogP contribution >= 0.6 is 11.6 Å². The summed E-state index contributed by atoms with van der Waals surface area (Å²) in [6.45, 7) is 0. The van der Waals surface area contributed by atoms with E-state index in [-0.39, 0.29) is 0 Å². The molecular weight excluding hydrogens is 274 g/mol. The fraction of sp³-hybridized carbons (Fsp3) is 0. The SMILES string of the molecule is Clc1cncc2nnc(-c3ccc4ncccc4c3)n12. The standard InChI is InChI=1S/C14H8ClN5/c15-12-7-16-8-13-18-19-14(20(12)13)10-3-4-11-9(6-10)2-1-5-17-11/h1-8H. The Balaban J connectivity index is 2.01. The Labute approximate surface area is 118 Å². The average molecular weight is 282 g/mol. The maximum absolute atomic E-state index is 6.18. The molecule has 0 saturated carbocycles. The Morgan fingerprint density at radius 3 is 2.95 bits per heavy atom. The minimum atomic E-state index is 0.480. The summed E-state index contributed by atoms with van der Waals surface area (Å²) in [4.78, 5) is 8.31. The molecule has 0 aliphatic rings. The molecule has 3 aromatic heterocycles. The van der Waals surface area contributed by atoms with Crippen LogP contribution in [0.5, 0.6) is 0 Å². The molecule has 0 spiro atoms. The van der Waals surface area contributed by atoms with Crippen LogP contribution in [0.4, 0.5) is 0 Å². The largest absolute Gasteiger partial charge is 0.262 e. The number of fused-ring (bicyclic) bond motifs is 2. The lowest BCUT2D eigenvalue weighted by Gasteiger charge is -2.03. The molecule has 5 nitrogen and oxygen atoms in total. The normalized spacial score (nSPS) is 11.2. The zero-order valence-electron chi connectivity index (χ0n) is 10.2. The third-order valence-electron chi connectivity index (χ3n) is 3.13. The molecule has 0 aliphatic heterocycles. The first-order valence-corrected chi connectivity index (χ1v) is 6.40. The summed E-state index contributed by atoms with van der Waals surface area (Å²) in [5.74, 6) is 0.693. The zero-order valence-corrected chi connectivity index (χ0v) is 11.0. The Kier molecular flexibility index (Phi) is 2.40. The fourth-order valence-corrected chi connectivity index (χ4v) is 2.44. The average Bonchev–Trinajstić information content (AvgIpc) is 2.92. The van der Waals surface area contributed by atoms with Crippen LogP contribution < -0.4 is 0 Å². The summed E-state index contributed by atoms with van der Waals surface area (Å²) < 4.78 is 1.77. The van der Waals surface area contributed by atoms with Crippen LogP contribution in [-0.2, 0) is 0 Å². The highest BCUT2D eigenvalue weighted by Gasteiger charge is 2.11. The minimum absolute atomic E-state index is 0.480. The molecule has 0 aliphatic carbocycles. The number of pyridine rings is 1. The second kappa shape index (κ2) is 4.25. The van der Waals surface area contributed by atoms with E-state index in [1.807, 2.05) is 30.3 Å². The van der Waals surface area contributed by atoms with Crippen molar-refractivity contribution in [1.82, 2.24) is 24.6 Å². The zero-order chi connectivity index (χ0) is 13.5. The highest BCUT2D eigenvalue weighted by Crippen LogP contribution is 2.24. The Morgan fingerprint density at radius 1 is 1.05 bits per heavy atom. The monoisotopic (exact) mass is 281 g/mol. The van der Waals surface area contributed by atoms with Crippen molar-refractivity contribution >= 4 is 28.2 Å². The third-order valence-corrected chi connectivity index (χ3v) is 3.40. The first kappa shape index (κ1) is 11.3. The molecular formula is C14H8ClN5. The van der Waals surface area contributed by atoms with Crippen LogP contribution in [0.1, 0.15) is 0 Å². The number of aromatic nitrogens is 5. The second-order valence-electron chi connectivity index (χ2n) is 4.36. The molecule has 0 radical (unpaired) electrons. The van der Waals surface area contributed by atoms with Crippen molar-refractivity contribution in [2.24, 2.45) is 0 Å². The second-order valence-corrected chi connectivity index (χ2v) is 4.75. The lowest BCUT2D eigenvalue weighted by Crippen LogP contribution is -1.92. The van der Waals surface area contributed by atoms with Gasteiger partial charge in [-0.25, -0.2) is 0 Å². The molecule has 20 heavy (non-hydrogen) atoms. The van der Waals surface area contributed by atoms with Gasteiger partial charge in [0.25, 0.3) is 0 Å². The van der Waals surface area contributed by atoms with Crippen LogP contribution in [-0.4, -0.2) is 24.6 Å². The van der Waals surface area contributed by atoms with E-state index in [0.29, 0.717) is 16.6 Å². The van der Waals surface area contributed by atoms with Gasteiger partial charge in [0.05, 0.1) is 17.9 Å². The van der Waals surface area contributed by atoms with E-state index in [1.54, 1.807) is 23.0 Å². The molecule has 96 valence electrons. The van der Waals surface area contributed by atoms with E-state index < -0.39 is 0 Å². The molecule has 3 heterocycles. The topological polar surface area (TPSA) is 56.0 Å². The number of benzene rings is 1. The first-order valence-electron chi connectivity index (χ1n) is 6.03. The number of nitrogens with zero attached hydrogens (tertiary/aromatic N) is 5. The van der Waals surface area contributed by atoms with Gasteiger partial charge in [-0.05, 0) is 24.3 Å². The lowest BCUT2D eigenvalue weighted by molar-refractivity contribution is 1.11. The van der Waals surface area contributed by atoms with E-state index >= 15 is 0 Å². The van der Waals surface area contributed by atoms with E-state index in [1.165, 1.54) is 0 Å². The highest BCUT2D eigenvalue weighted by atomic mass is 35.5. The number of rotatable bonds is 1. The van der Waals surface area contributed by atoms with Crippen LogP contribution in [0.3, 0.4) is 0 Å². The van der Waals surface area contributed by atoms with Gasteiger partial charge in [-0.15, -0.1) is 10.2 Å². The van der Waals surface area contributed by atoms with Crippen molar-refractivity contribution in [2.75, 3.05) is 0 Å². The van der Waals surface area contributed by atoms with Gasteiger partial charge in [0.15, 0.2) is 11.5 Å². The smallest absolute Gasteiger partial charge is 0.180 e. The van der Waals surface area contributed by atoms with E-state index in [9.17, 15) is 0 Å². The molecule has 0 saturated heterocycles. The van der Waals surface area contributed by atoms with Crippen LogP contribution in [0, 0.1) is 0 Å². The van der Waals surface area contributed by atoms with Gasteiger partial charge in [-0.1, -0.05) is 17.7 Å². The van der Waals surface area contributed by atoms with E-state index in [4.69, 9.17) is 11.6 Å². The van der Waals surface area contributed by atoms with Gasteiger partial charge < -0.3 is 0 Å². The van der Waals surface area contributed by atoms with Crippen molar-refractivity contribution in [3.63, 3.8) is 0 Å². The van der Waals surface area contributed by atoms with Gasteiger partial charge in [0.1, 0.15) is 5.15 Å². The maximum atomic E-state index is 6.18. The molecule has 0 atom stereocenters. The van der Waals surface area contributed by atoms with Crippen molar-refractivity contribution in [1.29, 1.82) is 0 Å². The predicted molar refractivity (Wildman–Crippen MR) is 76.5 cm³/mol. The summed E-state index contributed by atoms with van der Waals surface area (Å²) in [6.07, 6.45) is 4.98. The molecule has 1 aromatic carbocycles. The van der Waals surface area contributed by atoms with Gasteiger partial charge in [-0.2, -0.15) is 0 Å². The van der Waals surface area contributed by atoms with E-state index in [0.717, 1.165) is 16.5 Å². The predicted octanol–water partition coefficient (Wildman–Crippen LogP) is 2.99. The van der Waals surface area contributed by atoms with Crippen molar-refractivity contribution in [3.05, 3.63) is 54.1 Å². The first-order chi connectivity index (χ1) is 9.83. The summed E-state index contributed by atoms with van der Waals surface area (Å²) in [6, 6.07) is 9.86. The summed E-state index contributed by atoms with van der Waals surface area (Å²) >= 11 is 6.18. The molecule has 0 bridgehead atoms. The van der Waals surface area contributed by atoms with Gasteiger partial charge >= 0.3 is 0 Å². The number of halogens is 1. The quantitative estimate of drug-likeness (QED) is 0.538. The number of hydrogen-bond acceptors (Lipinski definition) is 4. The molecule has 0 N–H and O–H groups in total. The summed E-state index contributed by atoms with van der Waals surface area (Å²) in [5.41, 5.74) is 2.50. The van der Waals surface area contributed by atoms with Crippen molar-refractivity contribution in [2.45, 2.75) is 0 Å². The van der Waals surface area contributed by atoms with Crippen LogP contribution in [0.15, 0.2) is 48.9 Å². The Morgan fingerprint density at radius 2 is 2.00 bits per heavy atom. The maximum Gasteiger partial charge on any atom is 0.180 e. The lowest BCUT2D eigenvalue weighted by atomic mass is 10.1.